The van der Waals surface area contributed by atoms with Crippen LogP contribution >= 0.6 is 0 Å². The molecule has 0 unspecified atom stereocenters. The Balaban J connectivity index is 1.69. The minimum atomic E-state index is -0.306. The van der Waals surface area contributed by atoms with Gasteiger partial charge in [0.2, 0.25) is 0 Å². The molecule has 0 bridgehead atoms. The van der Waals surface area contributed by atoms with Crippen molar-refractivity contribution >= 4 is 17.5 Å². The van der Waals surface area contributed by atoms with Gasteiger partial charge in [0.1, 0.15) is 0 Å². The maximum absolute atomic E-state index is 12.5. The van der Waals surface area contributed by atoms with Gasteiger partial charge in [-0.2, -0.15) is 5.26 Å². The zero-order valence-corrected chi connectivity index (χ0v) is 13.1. The summed E-state index contributed by atoms with van der Waals surface area (Å²) in [4.78, 5) is 26.2. The average Bonchev–Trinajstić information content (AvgIpc) is 2.93. The number of nitriles is 1. The molecule has 3 aromatic carbocycles. The van der Waals surface area contributed by atoms with Gasteiger partial charge in [-0.15, -0.1) is 0 Å². The third kappa shape index (κ3) is 2.39. The van der Waals surface area contributed by atoms with Crippen LogP contribution in [0.2, 0.25) is 0 Å². The van der Waals surface area contributed by atoms with E-state index in [-0.39, 0.29) is 11.8 Å². The highest BCUT2D eigenvalue weighted by molar-refractivity contribution is 6.34. The first-order valence-corrected chi connectivity index (χ1v) is 7.77. The normalized spacial score (nSPS) is 12.8. The highest BCUT2D eigenvalue weighted by Crippen LogP contribution is 2.30. The van der Waals surface area contributed by atoms with Gasteiger partial charge >= 0.3 is 0 Å². The van der Waals surface area contributed by atoms with Crippen molar-refractivity contribution in [3.05, 3.63) is 89.5 Å². The van der Waals surface area contributed by atoms with E-state index in [1.54, 1.807) is 48.5 Å². The van der Waals surface area contributed by atoms with Crippen molar-refractivity contribution in [1.82, 2.24) is 0 Å². The minimum Gasteiger partial charge on any atom is -0.268 e. The number of amides is 2. The molecule has 1 aliphatic rings. The van der Waals surface area contributed by atoms with E-state index in [0.29, 0.717) is 22.4 Å². The number of hydrogen-bond donors (Lipinski definition) is 0. The Kier molecular flexibility index (Phi) is 3.41. The van der Waals surface area contributed by atoms with Gasteiger partial charge in [0.15, 0.2) is 0 Å². The van der Waals surface area contributed by atoms with Gasteiger partial charge in [-0.05, 0) is 47.5 Å². The first kappa shape index (κ1) is 14.9. The number of benzene rings is 3. The predicted octanol–water partition coefficient (Wildman–Crippen LogP) is 4.03. The molecule has 0 spiro atoms. The van der Waals surface area contributed by atoms with Crippen molar-refractivity contribution < 1.29 is 9.59 Å². The largest absolute Gasteiger partial charge is 0.268 e. The topological polar surface area (TPSA) is 61.2 Å². The van der Waals surface area contributed by atoms with E-state index < -0.39 is 0 Å². The molecule has 0 fully saturated rings. The molecule has 3 aromatic rings. The van der Waals surface area contributed by atoms with Crippen molar-refractivity contribution in [3.8, 4) is 17.2 Å². The smallest absolute Gasteiger partial charge is 0.266 e. The van der Waals surface area contributed by atoms with Gasteiger partial charge in [0, 0.05) is 0 Å². The molecule has 118 valence electrons. The summed E-state index contributed by atoms with van der Waals surface area (Å²) in [5.41, 5.74) is 3.80. The summed E-state index contributed by atoms with van der Waals surface area (Å²) in [5.74, 6) is -0.611. The Morgan fingerprint density at radius 1 is 0.720 bits per heavy atom. The molecule has 1 aliphatic heterocycles. The fourth-order valence-corrected chi connectivity index (χ4v) is 3.00. The Morgan fingerprint density at radius 3 is 1.96 bits per heavy atom. The van der Waals surface area contributed by atoms with Gasteiger partial charge in [0.25, 0.3) is 11.8 Å². The van der Waals surface area contributed by atoms with E-state index in [2.05, 4.69) is 6.07 Å². The molecule has 0 aromatic heterocycles. The Bertz CT molecular complexity index is 1010. The zero-order valence-electron chi connectivity index (χ0n) is 13.1. The summed E-state index contributed by atoms with van der Waals surface area (Å²) in [7, 11) is 0. The van der Waals surface area contributed by atoms with Crippen LogP contribution in [-0.4, -0.2) is 11.8 Å². The lowest BCUT2D eigenvalue weighted by atomic mass is 10.0. The summed E-state index contributed by atoms with van der Waals surface area (Å²) in [6.45, 7) is 0. The molecule has 4 heteroatoms. The van der Waals surface area contributed by atoms with Gasteiger partial charge in [-0.25, -0.2) is 4.90 Å². The minimum absolute atomic E-state index is 0.306. The average molecular weight is 324 g/mol. The van der Waals surface area contributed by atoms with Crippen LogP contribution in [0.3, 0.4) is 0 Å². The van der Waals surface area contributed by atoms with Crippen molar-refractivity contribution in [2.75, 3.05) is 4.90 Å². The highest BCUT2D eigenvalue weighted by Gasteiger charge is 2.36. The molecule has 1 heterocycles. The predicted molar refractivity (Wildman–Crippen MR) is 94.2 cm³/mol. The van der Waals surface area contributed by atoms with Gasteiger partial charge < -0.3 is 0 Å². The Hall–Kier alpha value is -3.71. The molecule has 0 saturated heterocycles. The van der Waals surface area contributed by atoms with Crippen LogP contribution in [0, 0.1) is 11.3 Å². The van der Waals surface area contributed by atoms with Gasteiger partial charge in [0.05, 0.1) is 28.4 Å². The van der Waals surface area contributed by atoms with Crippen LogP contribution in [-0.2, 0) is 0 Å². The van der Waals surface area contributed by atoms with Crippen molar-refractivity contribution in [3.63, 3.8) is 0 Å². The highest BCUT2D eigenvalue weighted by atomic mass is 16.2. The molecule has 0 radical (unpaired) electrons. The van der Waals surface area contributed by atoms with Crippen molar-refractivity contribution in [2.45, 2.75) is 0 Å². The second kappa shape index (κ2) is 5.73. The number of anilines is 1. The SMILES string of the molecule is N#Cc1cccc(-c2ccc(N3C(=O)c4ccccc4C3=O)cc2)c1. The summed E-state index contributed by atoms with van der Waals surface area (Å²) in [5, 5.41) is 9.01. The monoisotopic (exact) mass is 324 g/mol. The molecule has 25 heavy (non-hydrogen) atoms. The van der Waals surface area contributed by atoms with Gasteiger partial charge in [-0.1, -0.05) is 36.4 Å². The number of fused-ring (bicyclic) bond motifs is 1. The lowest BCUT2D eigenvalue weighted by Gasteiger charge is -2.14. The number of carbonyl (C=O) groups excluding carboxylic acids is 2. The number of carbonyl (C=O) groups is 2. The van der Waals surface area contributed by atoms with Crippen LogP contribution < -0.4 is 4.90 Å². The summed E-state index contributed by atoms with van der Waals surface area (Å²) in [6, 6.07) is 23.4. The van der Waals surface area contributed by atoms with Crippen LogP contribution in [0.4, 0.5) is 5.69 Å². The lowest BCUT2D eigenvalue weighted by molar-refractivity contribution is 0.0926. The Labute approximate surface area is 144 Å². The molecule has 0 aliphatic carbocycles. The second-order valence-corrected chi connectivity index (χ2v) is 5.73. The lowest BCUT2D eigenvalue weighted by Crippen LogP contribution is -2.29. The van der Waals surface area contributed by atoms with E-state index in [0.717, 1.165) is 11.1 Å². The molecular formula is C21H12N2O2. The number of hydrogen-bond acceptors (Lipinski definition) is 3. The van der Waals surface area contributed by atoms with Crippen molar-refractivity contribution in [1.29, 1.82) is 5.26 Å². The standard InChI is InChI=1S/C21H12N2O2/c22-13-14-4-3-5-16(12-14)15-8-10-17(11-9-15)23-20(24)18-6-1-2-7-19(18)21(23)25/h1-12H. The van der Waals surface area contributed by atoms with E-state index in [4.69, 9.17) is 5.26 Å². The summed E-state index contributed by atoms with van der Waals surface area (Å²) >= 11 is 0. The van der Waals surface area contributed by atoms with Crippen LogP contribution in [0.1, 0.15) is 26.3 Å². The maximum Gasteiger partial charge on any atom is 0.266 e. The molecule has 2 amide bonds. The van der Waals surface area contributed by atoms with Crippen LogP contribution in [0.25, 0.3) is 11.1 Å². The van der Waals surface area contributed by atoms with E-state index in [1.165, 1.54) is 4.90 Å². The fraction of sp³-hybridized carbons (Fsp3) is 0. The molecule has 4 nitrogen and oxygen atoms in total. The van der Waals surface area contributed by atoms with E-state index in [1.807, 2.05) is 24.3 Å². The summed E-state index contributed by atoms with van der Waals surface area (Å²) < 4.78 is 0. The van der Waals surface area contributed by atoms with Crippen LogP contribution in [0.15, 0.2) is 72.8 Å². The molecule has 0 atom stereocenters. The number of nitrogens with zero attached hydrogens (tertiary/aromatic N) is 2. The van der Waals surface area contributed by atoms with Crippen LogP contribution in [0.5, 0.6) is 0 Å². The quantitative estimate of drug-likeness (QED) is 0.669. The third-order valence-corrected chi connectivity index (χ3v) is 4.24. The summed E-state index contributed by atoms with van der Waals surface area (Å²) in [6.07, 6.45) is 0. The first-order chi connectivity index (χ1) is 12.2. The zero-order chi connectivity index (χ0) is 17.4. The molecule has 0 N–H and O–H groups in total. The first-order valence-electron chi connectivity index (χ1n) is 7.77. The number of rotatable bonds is 2. The molecule has 0 saturated carbocycles. The Morgan fingerprint density at radius 2 is 1.36 bits per heavy atom. The van der Waals surface area contributed by atoms with Crippen molar-refractivity contribution in [2.24, 2.45) is 0 Å². The van der Waals surface area contributed by atoms with Gasteiger partial charge in [-0.3, -0.25) is 9.59 Å². The van der Waals surface area contributed by atoms with E-state index in [9.17, 15) is 9.59 Å². The fourth-order valence-electron chi connectivity index (χ4n) is 3.00. The maximum atomic E-state index is 12.5. The molecule has 4 rings (SSSR count). The second-order valence-electron chi connectivity index (χ2n) is 5.73. The van der Waals surface area contributed by atoms with E-state index >= 15 is 0 Å². The number of imide groups is 1. The third-order valence-electron chi connectivity index (χ3n) is 4.24. The molecular weight excluding hydrogens is 312 g/mol.